The van der Waals surface area contributed by atoms with Crippen molar-refractivity contribution in [1.82, 2.24) is 10.3 Å². The summed E-state index contributed by atoms with van der Waals surface area (Å²) in [6.45, 7) is 2.48. The molecule has 0 atom stereocenters. The molecule has 3 rings (SSSR count). The first kappa shape index (κ1) is 15.7. The van der Waals surface area contributed by atoms with E-state index < -0.39 is 0 Å². The van der Waals surface area contributed by atoms with Crippen LogP contribution in [0.15, 0.2) is 73.1 Å². The van der Waals surface area contributed by atoms with Crippen LogP contribution < -0.4 is 10.1 Å². The second kappa shape index (κ2) is 7.42. The smallest absolute Gasteiger partial charge is 0.252 e. The lowest BCUT2D eigenvalue weighted by Crippen LogP contribution is -2.22. The van der Waals surface area contributed by atoms with Gasteiger partial charge in [-0.3, -0.25) is 9.78 Å². The summed E-state index contributed by atoms with van der Waals surface area (Å²) < 4.78 is 5.78. The van der Waals surface area contributed by atoms with E-state index in [0.717, 1.165) is 22.6 Å². The van der Waals surface area contributed by atoms with Gasteiger partial charge in [0.05, 0.1) is 5.56 Å². The third kappa shape index (κ3) is 3.79. The topological polar surface area (TPSA) is 51.2 Å². The number of carbonyl (C=O) groups is 1. The number of aromatic nitrogens is 1. The Balaban J connectivity index is 1.78. The highest BCUT2D eigenvalue weighted by molar-refractivity contribution is 5.95. The third-order valence-corrected chi connectivity index (χ3v) is 3.50. The fourth-order valence-electron chi connectivity index (χ4n) is 2.32. The van der Waals surface area contributed by atoms with Crippen LogP contribution in [-0.2, 0) is 0 Å². The molecule has 4 nitrogen and oxygen atoms in total. The van der Waals surface area contributed by atoms with Crippen LogP contribution in [0.5, 0.6) is 11.5 Å². The number of ether oxygens (including phenoxy) is 1. The van der Waals surface area contributed by atoms with Crippen molar-refractivity contribution in [3.63, 3.8) is 0 Å². The van der Waals surface area contributed by atoms with E-state index in [4.69, 9.17) is 4.74 Å². The van der Waals surface area contributed by atoms with Gasteiger partial charge in [-0.1, -0.05) is 30.3 Å². The summed E-state index contributed by atoms with van der Waals surface area (Å²) in [5, 5.41) is 2.78. The van der Waals surface area contributed by atoms with Crippen LogP contribution in [0.25, 0.3) is 11.1 Å². The fraction of sp³-hybridized carbons (Fsp3) is 0.100. The van der Waals surface area contributed by atoms with E-state index in [-0.39, 0.29) is 5.91 Å². The first-order valence-corrected chi connectivity index (χ1v) is 7.83. The minimum atomic E-state index is -0.115. The number of nitrogens with zero attached hydrogens (tertiary/aromatic N) is 1. The van der Waals surface area contributed by atoms with Crippen molar-refractivity contribution in [3.8, 4) is 22.6 Å². The summed E-state index contributed by atoms with van der Waals surface area (Å²) in [5.41, 5.74) is 2.43. The van der Waals surface area contributed by atoms with Crippen molar-refractivity contribution in [2.75, 3.05) is 6.54 Å². The predicted molar refractivity (Wildman–Crippen MR) is 94.2 cm³/mol. The van der Waals surface area contributed by atoms with E-state index in [2.05, 4.69) is 10.3 Å². The summed E-state index contributed by atoms with van der Waals surface area (Å²) >= 11 is 0. The molecule has 1 aromatic heterocycles. The van der Waals surface area contributed by atoms with Gasteiger partial charge in [-0.2, -0.15) is 0 Å². The molecule has 1 heterocycles. The number of pyridine rings is 1. The third-order valence-electron chi connectivity index (χ3n) is 3.50. The lowest BCUT2D eigenvalue weighted by atomic mass is 10.1. The largest absolute Gasteiger partial charge is 0.457 e. The van der Waals surface area contributed by atoms with Gasteiger partial charge in [-0.15, -0.1) is 0 Å². The van der Waals surface area contributed by atoms with E-state index in [1.165, 1.54) is 0 Å². The number of para-hydroxylation sites is 1. The summed E-state index contributed by atoms with van der Waals surface area (Å²) in [4.78, 5) is 16.1. The normalized spacial score (nSPS) is 10.2. The van der Waals surface area contributed by atoms with Gasteiger partial charge in [-0.05, 0) is 42.8 Å². The number of benzene rings is 2. The molecular formula is C20H18N2O2. The molecular weight excluding hydrogens is 300 g/mol. The van der Waals surface area contributed by atoms with Gasteiger partial charge in [-0.25, -0.2) is 0 Å². The molecule has 0 bridgehead atoms. The van der Waals surface area contributed by atoms with Crippen molar-refractivity contribution in [3.05, 3.63) is 78.6 Å². The average molecular weight is 318 g/mol. The fourth-order valence-corrected chi connectivity index (χ4v) is 2.32. The van der Waals surface area contributed by atoms with Crippen molar-refractivity contribution in [2.45, 2.75) is 6.92 Å². The number of carbonyl (C=O) groups excluding carboxylic acids is 1. The van der Waals surface area contributed by atoms with Gasteiger partial charge in [0.1, 0.15) is 11.5 Å². The number of nitrogens with one attached hydrogen (secondary N) is 1. The highest BCUT2D eigenvalue weighted by Gasteiger charge is 2.07. The Bertz CT molecular complexity index is 815. The molecule has 0 fully saturated rings. The molecule has 3 aromatic rings. The molecule has 1 N–H and O–H groups in total. The van der Waals surface area contributed by atoms with E-state index in [0.29, 0.717) is 12.1 Å². The zero-order valence-electron chi connectivity index (χ0n) is 13.4. The lowest BCUT2D eigenvalue weighted by molar-refractivity contribution is 0.0955. The molecule has 0 saturated heterocycles. The summed E-state index contributed by atoms with van der Waals surface area (Å²) in [6, 6.07) is 19.2. The van der Waals surface area contributed by atoms with Crippen molar-refractivity contribution >= 4 is 5.91 Å². The van der Waals surface area contributed by atoms with Gasteiger partial charge in [0, 0.05) is 24.5 Å². The van der Waals surface area contributed by atoms with E-state index in [1.54, 1.807) is 12.4 Å². The quantitative estimate of drug-likeness (QED) is 0.763. The Kier molecular flexibility index (Phi) is 4.87. The van der Waals surface area contributed by atoms with Crippen LogP contribution in [-0.4, -0.2) is 17.4 Å². The van der Waals surface area contributed by atoms with E-state index >= 15 is 0 Å². The van der Waals surface area contributed by atoms with Crippen molar-refractivity contribution in [1.29, 1.82) is 0 Å². The second-order valence-corrected chi connectivity index (χ2v) is 5.26. The lowest BCUT2D eigenvalue weighted by Gasteiger charge is -2.08. The predicted octanol–water partition coefficient (Wildman–Crippen LogP) is 4.29. The van der Waals surface area contributed by atoms with Crippen LogP contribution >= 0.6 is 0 Å². The SMILES string of the molecule is CCNC(=O)c1cncc(-c2ccc(Oc3ccccc3)cc2)c1. The van der Waals surface area contributed by atoms with Crippen molar-refractivity contribution < 1.29 is 9.53 Å². The molecule has 0 saturated carbocycles. The first-order chi connectivity index (χ1) is 11.8. The molecule has 0 aliphatic heterocycles. The maximum atomic E-state index is 11.9. The van der Waals surface area contributed by atoms with Gasteiger partial charge in [0.15, 0.2) is 0 Å². The molecule has 0 aliphatic carbocycles. The molecule has 24 heavy (non-hydrogen) atoms. The standard InChI is InChI=1S/C20H18N2O2/c1-2-22-20(23)17-12-16(13-21-14-17)15-8-10-19(11-9-15)24-18-6-4-3-5-7-18/h3-14H,2H2,1H3,(H,22,23). The van der Waals surface area contributed by atoms with Crippen LogP contribution in [0.2, 0.25) is 0 Å². The van der Waals surface area contributed by atoms with Gasteiger partial charge in [0.2, 0.25) is 0 Å². The second-order valence-electron chi connectivity index (χ2n) is 5.26. The van der Waals surface area contributed by atoms with E-state index in [9.17, 15) is 4.79 Å². The Morgan fingerprint density at radius 3 is 2.38 bits per heavy atom. The summed E-state index contributed by atoms with van der Waals surface area (Å²) in [5.74, 6) is 1.44. The molecule has 2 aromatic carbocycles. The van der Waals surface area contributed by atoms with Crippen LogP contribution in [0.1, 0.15) is 17.3 Å². The minimum Gasteiger partial charge on any atom is -0.457 e. The molecule has 4 heteroatoms. The molecule has 0 aliphatic rings. The Hall–Kier alpha value is -3.14. The van der Waals surface area contributed by atoms with E-state index in [1.807, 2.05) is 67.6 Å². The molecule has 0 radical (unpaired) electrons. The maximum Gasteiger partial charge on any atom is 0.252 e. The van der Waals surface area contributed by atoms with Gasteiger partial charge in [0.25, 0.3) is 5.91 Å². The number of amides is 1. The Labute approximate surface area is 141 Å². The first-order valence-electron chi connectivity index (χ1n) is 7.83. The Morgan fingerprint density at radius 2 is 1.67 bits per heavy atom. The zero-order chi connectivity index (χ0) is 16.8. The number of hydrogen-bond donors (Lipinski definition) is 1. The van der Waals surface area contributed by atoms with Crippen LogP contribution in [0.4, 0.5) is 0 Å². The monoisotopic (exact) mass is 318 g/mol. The van der Waals surface area contributed by atoms with Gasteiger partial charge >= 0.3 is 0 Å². The molecule has 1 amide bonds. The number of hydrogen-bond acceptors (Lipinski definition) is 3. The van der Waals surface area contributed by atoms with Crippen LogP contribution in [0.3, 0.4) is 0 Å². The highest BCUT2D eigenvalue weighted by atomic mass is 16.5. The highest BCUT2D eigenvalue weighted by Crippen LogP contribution is 2.25. The average Bonchev–Trinajstić information content (AvgIpc) is 2.63. The zero-order valence-corrected chi connectivity index (χ0v) is 13.4. The summed E-state index contributed by atoms with van der Waals surface area (Å²) in [6.07, 6.45) is 3.32. The Morgan fingerprint density at radius 1 is 0.958 bits per heavy atom. The summed E-state index contributed by atoms with van der Waals surface area (Å²) in [7, 11) is 0. The molecule has 120 valence electrons. The van der Waals surface area contributed by atoms with Crippen LogP contribution in [0, 0.1) is 0 Å². The maximum absolute atomic E-state index is 11.9. The minimum absolute atomic E-state index is 0.115. The van der Waals surface area contributed by atoms with Gasteiger partial charge < -0.3 is 10.1 Å². The molecule has 0 spiro atoms. The number of rotatable bonds is 5. The molecule has 0 unspecified atom stereocenters. The van der Waals surface area contributed by atoms with Crippen molar-refractivity contribution in [2.24, 2.45) is 0 Å².